The van der Waals surface area contributed by atoms with Crippen molar-refractivity contribution in [1.29, 1.82) is 5.26 Å². The van der Waals surface area contributed by atoms with Crippen molar-refractivity contribution in [3.63, 3.8) is 0 Å². The molecular formula is C44H29N3. The maximum atomic E-state index is 9.36. The average molecular weight is 600 g/mol. The zero-order valence-corrected chi connectivity index (χ0v) is 25.9. The lowest BCUT2D eigenvalue weighted by atomic mass is 10.0. The molecule has 0 unspecified atom stereocenters. The number of nitriles is 1. The Balaban J connectivity index is 1.18. The quantitative estimate of drug-likeness (QED) is 0.198. The first-order valence-corrected chi connectivity index (χ1v) is 15.9. The van der Waals surface area contributed by atoms with E-state index in [1.807, 2.05) is 18.2 Å². The summed E-state index contributed by atoms with van der Waals surface area (Å²) in [7, 11) is 0. The van der Waals surface area contributed by atoms with Crippen LogP contribution in [0.2, 0.25) is 0 Å². The van der Waals surface area contributed by atoms with Crippen LogP contribution in [-0.4, -0.2) is 9.13 Å². The second-order valence-electron chi connectivity index (χ2n) is 12.2. The summed E-state index contributed by atoms with van der Waals surface area (Å²) in [6.45, 7) is 2.13. The van der Waals surface area contributed by atoms with E-state index in [0.29, 0.717) is 5.56 Å². The number of fused-ring (bicyclic) bond motifs is 6. The molecule has 0 N–H and O–H groups in total. The maximum absolute atomic E-state index is 9.36. The molecule has 0 aliphatic heterocycles. The normalized spacial score (nSPS) is 11.5. The average Bonchev–Trinajstić information content (AvgIpc) is 3.64. The molecule has 2 aromatic heterocycles. The van der Waals surface area contributed by atoms with Crippen molar-refractivity contribution < 1.29 is 0 Å². The monoisotopic (exact) mass is 599 g/mol. The Labute approximate surface area is 272 Å². The van der Waals surface area contributed by atoms with Gasteiger partial charge < -0.3 is 9.13 Å². The van der Waals surface area contributed by atoms with Crippen LogP contribution in [0.5, 0.6) is 0 Å². The van der Waals surface area contributed by atoms with Crippen LogP contribution in [-0.2, 0) is 0 Å². The molecule has 0 saturated carbocycles. The van der Waals surface area contributed by atoms with E-state index in [1.165, 1.54) is 66.0 Å². The summed E-state index contributed by atoms with van der Waals surface area (Å²) >= 11 is 0. The lowest BCUT2D eigenvalue weighted by molar-refractivity contribution is 1.17. The molecule has 2 heterocycles. The lowest BCUT2D eigenvalue weighted by Gasteiger charge is -2.10. The number of hydrogen-bond acceptors (Lipinski definition) is 1. The molecule has 0 saturated heterocycles. The number of benzene rings is 7. The predicted molar refractivity (Wildman–Crippen MR) is 195 cm³/mol. The summed E-state index contributed by atoms with van der Waals surface area (Å²) in [4.78, 5) is 0. The van der Waals surface area contributed by atoms with E-state index < -0.39 is 0 Å². The molecule has 47 heavy (non-hydrogen) atoms. The fourth-order valence-electron chi connectivity index (χ4n) is 7.13. The molecule has 3 nitrogen and oxygen atoms in total. The summed E-state index contributed by atoms with van der Waals surface area (Å²) in [5.41, 5.74) is 13.5. The van der Waals surface area contributed by atoms with Crippen LogP contribution in [0.1, 0.15) is 11.1 Å². The van der Waals surface area contributed by atoms with Gasteiger partial charge in [-0.05, 0) is 102 Å². The third-order valence-electron chi connectivity index (χ3n) is 9.42. The SMILES string of the molecule is Cc1ccc(-n2c3ccccc3c3cc(-c4ccc5c(c4)c4ccccc4n5-c4ccc(-c5cccc(C#N)c5)cc4)ccc32)cc1. The molecule has 0 fully saturated rings. The molecule has 9 rings (SSSR count). The number of aryl methyl sites for hydroxylation is 1. The molecule has 0 spiro atoms. The summed E-state index contributed by atoms with van der Waals surface area (Å²) in [6, 6.07) is 58.5. The molecular weight excluding hydrogens is 571 g/mol. The Morgan fingerprint density at radius 3 is 1.43 bits per heavy atom. The zero-order valence-electron chi connectivity index (χ0n) is 25.9. The third kappa shape index (κ3) is 4.35. The summed E-state index contributed by atoms with van der Waals surface area (Å²) in [5, 5.41) is 14.3. The van der Waals surface area contributed by atoms with Crippen molar-refractivity contribution in [2.75, 3.05) is 0 Å². The van der Waals surface area contributed by atoms with Crippen molar-refractivity contribution in [3.8, 4) is 39.7 Å². The van der Waals surface area contributed by atoms with E-state index in [-0.39, 0.29) is 0 Å². The zero-order chi connectivity index (χ0) is 31.5. The fourth-order valence-corrected chi connectivity index (χ4v) is 7.13. The van der Waals surface area contributed by atoms with Gasteiger partial charge in [-0.1, -0.05) is 90.5 Å². The van der Waals surface area contributed by atoms with E-state index in [1.54, 1.807) is 0 Å². The second-order valence-corrected chi connectivity index (χ2v) is 12.2. The van der Waals surface area contributed by atoms with Crippen LogP contribution in [0.25, 0.3) is 77.2 Å². The van der Waals surface area contributed by atoms with Gasteiger partial charge in [0, 0.05) is 32.9 Å². The number of para-hydroxylation sites is 2. The van der Waals surface area contributed by atoms with Gasteiger partial charge in [-0.2, -0.15) is 5.26 Å². The van der Waals surface area contributed by atoms with Crippen molar-refractivity contribution in [3.05, 3.63) is 169 Å². The fraction of sp³-hybridized carbons (Fsp3) is 0.0227. The Kier molecular flexibility index (Phi) is 6.10. The number of hydrogen-bond donors (Lipinski definition) is 0. The van der Waals surface area contributed by atoms with Crippen LogP contribution >= 0.6 is 0 Å². The van der Waals surface area contributed by atoms with Gasteiger partial charge in [-0.15, -0.1) is 0 Å². The van der Waals surface area contributed by atoms with Crippen molar-refractivity contribution in [2.45, 2.75) is 6.92 Å². The molecule has 220 valence electrons. The van der Waals surface area contributed by atoms with Gasteiger partial charge in [-0.25, -0.2) is 0 Å². The first kappa shape index (κ1) is 27.0. The summed E-state index contributed by atoms with van der Waals surface area (Å²) in [6.07, 6.45) is 0. The largest absolute Gasteiger partial charge is 0.309 e. The third-order valence-corrected chi connectivity index (χ3v) is 9.42. The minimum absolute atomic E-state index is 0.668. The van der Waals surface area contributed by atoms with Gasteiger partial charge in [0.2, 0.25) is 0 Å². The highest BCUT2D eigenvalue weighted by Gasteiger charge is 2.16. The van der Waals surface area contributed by atoms with Crippen molar-refractivity contribution in [2.24, 2.45) is 0 Å². The second kappa shape index (κ2) is 10.6. The Morgan fingerprint density at radius 1 is 0.404 bits per heavy atom. The van der Waals surface area contributed by atoms with E-state index in [9.17, 15) is 5.26 Å². The van der Waals surface area contributed by atoms with E-state index >= 15 is 0 Å². The molecule has 0 atom stereocenters. The summed E-state index contributed by atoms with van der Waals surface area (Å²) < 4.78 is 4.72. The predicted octanol–water partition coefficient (Wildman–Crippen LogP) is 11.4. The van der Waals surface area contributed by atoms with Crippen LogP contribution in [0, 0.1) is 18.3 Å². The van der Waals surface area contributed by atoms with E-state index in [4.69, 9.17) is 0 Å². The first-order valence-electron chi connectivity index (χ1n) is 15.9. The Morgan fingerprint density at radius 2 is 0.872 bits per heavy atom. The molecule has 0 aliphatic rings. The van der Waals surface area contributed by atoms with Gasteiger partial charge in [0.1, 0.15) is 0 Å². The molecule has 7 aromatic carbocycles. The lowest BCUT2D eigenvalue weighted by Crippen LogP contribution is -1.94. The maximum Gasteiger partial charge on any atom is 0.0991 e. The number of aromatic nitrogens is 2. The molecule has 9 aromatic rings. The van der Waals surface area contributed by atoms with Gasteiger partial charge in [0.25, 0.3) is 0 Å². The minimum atomic E-state index is 0.668. The van der Waals surface area contributed by atoms with E-state index in [0.717, 1.165) is 16.8 Å². The minimum Gasteiger partial charge on any atom is -0.309 e. The molecule has 3 heteroatoms. The van der Waals surface area contributed by atoms with Crippen LogP contribution in [0.4, 0.5) is 0 Å². The topological polar surface area (TPSA) is 33.6 Å². The highest BCUT2D eigenvalue weighted by molar-refractivity contribution is 6.12. The van der Waals surface area contributed by atoms with E-state index in [2.05, 4.69) is 162 Å². The molecule has 0 amide bonds. The van der Waals surface area contributed by atoms with Gasteiger partial charge in [-0.3, -0.25) is 0 Å². The highest BCUT2D eigenvalue weighted by atomic mass is 15.0. The van der Waals surface area contributed by atoms with Crippen LogP contribution < -0.4 is 0 Å². The molecule has 0 bridgehead atoms. The van der Waals surface area contributed by atoms with Gasteiger partial charge >= 0.3 is 0 Å². The van der Waals surface area contributed by atoms with Crippen molar-refractivity contribution >= 4 is 43.6 Å². The van der Waals surface area contributed by atoms with Gasteiger partial charge in [0.05, 0.1) is 33.7 Å². The van der Waals surface area contributed by atoms with Gasteiger partial charge in [0.15, 0.2) is 0 Å². The number of rotatable bonds is 4. The van der Waals surface area contributed by atoms with Crippen molar-refractivity contribution in [1.82, 2.24) is 9.13 Å². The molecule has 0 aliphatic carbocycles. The molecule has 0 radical (unpaired) electrons. The Bertz CT molecular complexity index is 2680. The Hall–Kier alpha value is -6.37. The summed E-state index contributed by atoms with van der Waals surface area (Å²) in [5.74, 6) is 0. The smallest absolute Gasteiger partial charge is 0.0991 e. The van der Waals surface area contributed by atoms with Crippen LogP contribution in [0.15, 0.2) is 158 Å². The number of nitrogens with zero attached hydrogens (tertiary/aromatic N) is 3. The highest BCUT2D eigenvalue weighted by Crippen LogP contribution is 2.38. The van der Waals surface area contributed by atoms with Crippen LogP contribution in [0.3, 0.4) is 0 Å². The standard InChI is InChI=1S/C44H29N3/c1-29-13-19-35(20-14-29)46-41-11-4-2-9-37(41)39-26-33(17-23-43(39)46)34-18-24-44-40(27-34)38-10-3-5-12-42(38)47(44)36-21-15-31(16-22-36)32-8-6-7-30(25-32)28-45/h2-27H,1H3. The first-order chi connectivity index (χ1) is 23.2.